The van der Waals surface area contributed by atoms with Gasteiger partial charge in [-0.1, -0.05) is 50.1 Å². The van der Waals surface area contributed by atoms with E-state index in [1.54, 1.807) is 0 Å². The maximum Gasteiger partial charge on any atom is 0.0922 e. The maximum absolute atomic E-state index is 5.55. The molecule has 1 nitrogen and oxygen atoms in total. The molecule has 0 saturated heterocycles. The first kappa shape index (κ1) is 11.5. The summed E-state index contributed by atoms with van der Waals surface area (Å²) < 4.78 is 2.22. The van der Waals surface area contributed by atoms with E-state index in [1.165, 1.54) is 11.3 Å². The van der Waals surface area contributed by atoms with Crippen LogP contribution in [0.5, 0.6) is 0 Å². The Labute approximate surface area is 103 Å². The van der Waals surface area contributed by atoms with E-state index in [-0.39, 0.29) is 0 Å². The molecule has 0 bridgehead atoms. The van der Waals surface area contributed by atoms with E-state index in [2.05, 4.69) is 54.7 Å². The standard InChI is InChI=1S/C16H17N/c1-4-15-10-11-16(13(2)3)17(15)12-14-8-6-5-7-9-14/h1,5-11,13H,12H2,2-3H3. The van der Waals surface area contributed by atoms with E-state index in [9.17, 15) is 0 Å². The third-order valence-electron chi connectivity index (χ3n) is 2.94. The molecule has 17 heavy (non-hydrogen) atoms. The molecule has 0 spiro atoms. The van der Waals surface area contributed by atoms with Crippen LogP contribution in [0.25, 0.3) is 0 Å². The molecule has 1 heterocycles. The summed E-state index contributed by atoms with van der Waals surface area (Å²) in [5.41, 5.74) is 3.53. The van der Waals surface area contributed by atoms with Crippen LogP contribution in [-0.4, -0.2) is 4.57 Å². The van der Waals surface area contributed by atoms with Crippen molar-refractivity contribution in [3.05, 3.63) is 59.4 Å². The summed E-state index contributed by atoms with van der Waals surface area (Å²) in [6.45, 7) is 5.23. The van der Waals surface area contributed by atoms with E-state index in [0.717, 1.165) is 12.2 Å². The van der Waals surface area contributed by atoms with E-state index >= 15 is 0 Å². The lowest BCUT2D eigenvalue weighted by Crippen LogP contribution is -2.07. The van der Waals surface area contributed by atoms with Crippen molar-refractivity contribution < 1.29 is 0 Å². The average Bonchev–Trinajstić information content (AvgIpc) is 2.73. The van der Waals surface area contributed by atoms with Crippen LogP contribution in [-0.2, 0) is 6.54 Å². The summed E-state index contributed by atoms with van der Waals surface area (Å²) in [6, 6.07) is 14.6. The molecule has 1 heteroatoms. The molecular formula is C16H17N. The minimum absolute atomic E-state index is 0.487. The Morgan fingerprint density at radius 2 is 1.82 bits per heavy atom. The SMILES string of the molecule is C#Cc1ccc(C(C)C)n1Cc1ccccc1. The van der Waals surface area contributed by atoms with E-state index in [0.29, 0.717) is 5.92 Å². The van der Waals surface area contributed by atoms with Crippen molar-refractivity contribution in [3.63, 3.8) is 0 Å². The molecule has 86 valence electrons. The third kappa shape index (κ3) is 2.42. The van der Waals surface area contributed by atoms with Gasteiger partial charge < -0.3 is 4.57 Å². The normalized spacial score (nSPS) is 10.5. The van der Waals surface area contributed by atoms with Gasteiger partial charge in [0.15, 0.2) is 0 Å². The second-order valence-corrected chi connectivity index (χ2v) is 4.51. The molecule has 0 N–H and O–H groups in total. The highest BCUT2D eigenvalue weighted by atomic mass is 15.0. The van der Waals surface area contributed by atoms with Gasteiger partial charge in [-0.15, -0.1) is 6.42 Å². The highest BCUT2D eigenvalue weighted by Gasteiger charge is 2.09. The Morgan fingerprint density at radius 1 is 1.12 bits per heavy atom. The Morgan fingerprint density at radius 3 is 2.41 bits per heavy atom. The Bertz CT molecular complexity index is 526. The molecule has 0 atom stereocenters. The van der Waals surface area contributed by atoms with Gasteiger partial charge in [0, 0.05) is 12.2 Å². The van der Waals surface area contributed by atoms with Crippen LogP contribution in [0.2, 0.25) is 0 Å². The van der Waals surface area contributed by atoms with Gasteiger partial charge in [0.05, 0.1) is 5.69 Å². The van der Waals surface area contributed by atoms with E-state index < -0.39 is 0 Å². The molecule has 2 rings (SSSR count). The van der Waals surface area contributed by atoms with Crippen molar-refractivity contribution in [1.82, 2.24) is 4.57 Å². The fourth-order valence-corrected chi connectivity index (χ4v) is 2.06. The third-order valence-corrected chi connectivity index (χ3v) is 2.94. The van der Waals surface area contributed by atoms with Crippen LogP contribution in [0, 0.1) is 12.3 Å². The number of terminal acetylenes is 1. The minimum Gasteiger partial charge on any atom is -0.334 e. The number of aromatic nitrogens is 1. The predicted molar refractivity (Wildman–Crippen MR) is 72.0 cm³/mol. The molecule has 1 aromatic heterocycles. The molecule has 0 aliphatic carbocycles. The van der Waals surface area contributed by atoms with Crippen LogP contribution >= 0.6 is 0 Å². The lowest BCUT2D eigenvalue weighted by molar-refractivity contribution is 0.687. The quantitative estimate of drug-likeness (QED) is 0.700. The first-order chi connectivity index (χ1) is 8.22. The lowest BCUT2D eigenvalue weighted by Gasteiger charge is -2.13. The predicted octanol–water partition coefficient (Wildman–Crippen LogP) is 3.64. The minimum atomic E-state index is 0.487. The highest BCUT2D eigenvalue weighted by Crippen LogP contribution is 2.19. The number of benzene rings is 1. The van der Waals surface area contributed by atoms with Crippen molar-refractivity contribution in [1.29, 1.82) is 0 Å². The first-order valence-corrected chi connectivity index (χ1v) is 5.92. The van der Waals surface area contributed by atoms with Gasteiger partial charge in [0.2, 0.25) is 0 Å². The van der Waals surface area contributed by atoms with Gasteiger partial charge in [0.1, 0.15) is 0 Å². The molecule has 2 aromatic rings. The average molecular weight is 223 g/mol. The number of nitrogens with zero attached hydrogens (tertiary/aromatic N) is 1. The summed E-state index contributed by atoms with van der Waals surface area (Å²) in [7, 11) is 0. The lowest BCUT2D eigenvalue weighted by atomic mass is 10.1. The van der Waals surface area contributed by atoms with Crippen LogP contribution in [0.15, 0.2) is 42.5 Å². The molecule has 1 aromatic carbocycles. The summed E-state index contributed by atoms with van der Waals surface area (Å²) >= 11 is 0. The van der Waals surface area contributed by atoms with Crippen LogP contribution in [0.3, 0.4) is 0 Å². The van der Waals surface area contributed by atoms with Crippen LogP contribution in [0.4, 0.5) is 0 Å². The topological polar surface area (TPSA) is 4.93 Å². The number of hydrogen-bond donors (Lipinski definition) is 0. The largest absolute Gasteiger partial charge is 0.334 e. The smallest absolute Gasteiger partial charge is 0.0922 e. The fraction of sp³-hybridized carbons (Fsp3) is 0.250. The molecule has 0 aliphatic heterocycles. The molecule has 0 radical (unpaired) electrons. The van der Waals surface area contributed by atoms with Gasteiger partial charge in [-0.05, 0) is 23.6 Å². The summed E-state index contributed by atoms with van der Waals surface area (Å²) in [5, 5.41) is 0. The van der Waals surface area contributed by atoms with Crippen molar-refractivity contribution in [3.8, 4) is 12.3 Å². The number of rotatable bonds is 3. The van der Waals surface area contributed by atoms with E-state index in [4.69, 9.17) is 6.42 Å². The Kier molecular flexibility index (Phi) is 3.35. The van der Waals surface area contributed by atoms with Gasteiger partial charge in [0.25, 0.3) is 0 Å². The molecule has 0 amide bonds. The summed E-state index contributed by atoms with van der Waals surface area (Å²) in [5.74, 6) is 3.24. The zero-order valence-corrected chi connectivity index (χ0v) is 10.4. The van der Waals surface area contributed by atoms with Crippen molar-refractivity contribution in [2.75, 3.05) is 0 Å². The van der Waals surface area contributed by atoms with Crippen molar-refractivity contribution >= 4 is 0 Å². The molecule has 0 fully saturated rings. The Hall–Kier alpha value is -1.94. The summed E-state index contributed by atoms with van der Waals surface area (Å²) in [6.07, 6.45) is 5.55. The fourth-order valence-electron chi connectivity index (χ4n) is 2.06. The van der Waals surface area contributed by atoms with Crippen molar-refractivity contribution in [2.24, 2.45) is 0 Å². The first-order valence-electron chi connectivity index (χ1n) is 5.92. The van der Waals surface area contributed by atoms with Gasteiger partial charge in [-0.2, -0.15) is 0 Å². The van der Waals surface area contributed by atoms with Crippen molar-refractivity contribution in [2.45, 2.75) is 26.3 Å². The second kappa shape index (κ2) is 4.93. The number of hydrogen-bond acceptors (Lipinski definition) is 0. The molecule has 0 unspecified atom stereocenters. The van der Waals surface area contributed by atoms with Crippen LogP contribution < -0.4 is 0 Å². The van der Waals surface area contributed by atoms with Gasteiger partial charge >= 0.3 is 0 Å². The molecular weight excluding hydrogens is 206 g/mol. The highest BCUT2D eigenvalue weighted by molar-refractivity contribution is 5.32. The maximum atomic E-state index is 5.55. The van der Waals surface area contributed by atoms with E-state index in [1.807, 2.05) is 12.1 Å². The zero-order chi connectivity index (χ0) is 12.3. The monoisotopic (exact) mass is 223 g/mol. The molecule has 0 aliphatic rings. The second-order valence-electron chi connectivity index (χ2n) is 4.51. The van der Waals surface area contributed by atoms with Gasteiger partial charge in [-0.3, -0.25) is 0 Å². The summed E-state index contributed by atoms with van der Waals surface area (Å²) in [4.78, 5) is 0. The molecule has 0 saturated carbocycles. The van der Waals surface area contributed by atoms with Crippen LogP contribution in [0.1, 0.15) is 36.7 Å². The Balaban J connectivity index is 2.38. The zero-order valence-electron chi connectivity index (χ0n) is 10.4. The van der Waals surface area contributed by atoms with Gasteiger partial charge in [-0.25, -0.2) is 0 Å².